The van der Waals surface area contributed by atoms with E-state index in [1.165, 1.54) is 6.33 Å². The largest absolute Gasteiger partial charge is 0.496 e. The first kappa shape index (κ1) is 23.7. The van der Waals surface area contributed by atoms with Gasteiger partial charge in [0.1, 0.15) is 23.7 Å². The summed E-state index contributed by atoms with van der Waals surface area (Å²) in [6, 6.07) is 11.3. The van der Waals surface area contributed by atoms with Gasteiger partial charge in [-0.15, -0.1) is 0 Å². The van der Waals surface area contributed by atoms with E-state index < -0.39 is 0 Å². The number of ether oxygens (including phenoxy) is 1. The first-order valence-electron chi connectivity index (χ1n) is 10.7. The maximum Gasteiger partial charge on any atom is 0.251 e. The van der Waals surface area contributed by atoms with Gasteiger partial charge in [-0.05, 0) is 36.8 Å². The summed E-state index contributed by atoms with van der Waals surface area (Å²) in [5.41, 5.74) is 4.30. The molecule has 0 aliphatic heterocycles. The highest BCUT2D eigenvalue weighted by atomic mass is 16.5. The molecule has 2 heterocycles. The first-order valence-corrected chi connectivity index (χ1v) is 10.7. The lowest BCUT2D eigenvalue weighted by Gasteiger charge is -2.17. The van der Waals surface area contributed by atoms with Gasteiger partial charge in [-0.3, -0.25) is 4.79 Å². The molecule has 0 unspecified atom stereocenters. The molecule has 0 radical (unpaired) electrons. The Balaban J connectivity index is 1.67. The van der Waals surface area contributed by atoms with Crippen molar-refractivity contribution in [3.8, 4) is 17.0 Å². The Hall–Kier alpha value is -3.94. The van der Waals surface area contributed by atoms with E-state index >= 15 is 0 Å². The number of hydrogen-bond acceptors (Lipinski definition) is 7. The molecule has 0 spiro atoms. The lowest BCUT2D eigenvalue weighted by Crippen LogP contribution is -2.18. The summed E-state index contributed by atoms with van der Waals surface area (Å²) in [6.45, 7) is 9.26. The summed E-state index contributed by atoms with van der Waals surface area (Å²) in [4.78, 5) is 25.1. The highest BCUT2D eigenvalue weighted by molar-refractivity contribution is 5.94. The molecular formula is C25H30N6O2. The van der Waals surface area contributed by atoms with Gasteiger partial charge in [0.15, 0.2) is 0 Å². The zero-order chi connectivity index (χ0) is 23.8. The molecular weight excluding hydrogens is 416 g/mol. The zero-order valence-electron chi connectivity index (χ0n) is 19.5. The van der Waals surface area contributed by atoms with Crippen molar-refractivity contribution in [1.82, 2.24) is 20.3 Å². The number of nitrogens with zero attached hydrogens (tertiary/aromatic N) is 3. The minimum Gasteiger partial charge on any atom is -0.496 e. The maximum atomic E-state index is 11.9. The molecule has 3 aromatic rings. The Bertz CT molecular complexity index is 1110. The summed E-state index contributed by atoms with van der Waals surface area (Å²) in [7, 11) is 3.22. The van der Waals surface area contributed by atoms with Gasteiger partial charge in [0, 0.05) is 49.4 Å². The van der Waals surface area contributed by atoms with E-state index in [9.17, 15) is 4.79 Å². The molecule has 8 heteroatoms. The highest BCUT2D eigenvalue weighted by Crippen LogP contribution is 2.28. The molecule has 1 amide bonds. The van der Waals surface area contributed by atoms with Gasteiger partial charge in [-0.2, -0.15) is 0 Å². The van der Waals surface area contributed by atoms with Gasteiger partial charge >= 0.3 is 0 Å². The number of pyridine rings is 1. The van der Waals surface area contributed by atoms with Crippen LogP contribution in [0.25, 0.3) is 11.3 Å². The van der Waals surface area contributed by atoms with Crippen molar-refractivity contribution in [1.29, 1.82) is 0 Å². The number of hydrogen-bond donors (Lipinski definition) is 3. The van der Waals surface area contributed by atoms with Crippen molar-refractivity contribution in [3.05, 3.63) is 72.2 Å². The molecule has 0 saturated heterocycles. The molecule has 0 bridgehead atoms. The minimum absolute atomic E-state index is 0.123. The number of carbonyl (C=O) groups excluding carboxylic acids is 1. The van der Waals surface area contributed by atoms with Crippen molar-refractivity contribution < 1.29 is 9.53 Å². The predicted molar refractivity (Wildman–Crippen MR) is 132 cm³/mol. The summed E-state index contributed by atoms with van der Waals surface area (Å²) >= 11 is 0. The second kappa shape index (κ2) is 11.1. The van der Waals surface area contributed by atoms with Crippen LogP contribution in [-0.4, -0.2) is 48.1 Å². The molecule has 0 aliphatic rings. The number of aromatic nitrogens is 3. The van der Waals surface area contributed by atoms with Crippen LogP contribution >= 0.6 is 0 Å². The first-order chi connectivity index (χ1) is 15.9. The molecule has 1 atom stereocenters. The molecule has 33 heavy (non-hydrogen) atoms. The van der Waals surface area contributed by atoms with Crippen LogP contribution in [-0.2, 0) is 0 Å². The number of benzene rings is 1. The monoisotopic (exact) mass is 446 g/mol. The average molecular weight is 447 g/mol. The van der Waals surface area contributed by atoms with Gasteiger partial charge in [0.05, 0.1) is 12.8 Å². The van der Waals surface area contributed by atoms with E-state index in [4.69, 9.17) is 4.74 Å². The molecule has 0 aliphatic carbocycles. The Morgan fingerprint density at radius 1 is 1.09 bits per heavy atom. The second-order valence-electron chi connectivity index (χ2n) is 7.85. The minimum atomic E-state index is -0.145. The summed E-state index contributed by atoms with van der Waals surface area (Å²) in [6.07, 6.45) is 3.32. The highest BCUT2D eigenvalue weighted by Gasteiger charge is 2.15. The Labute approximate surface area is 194 Å². The fraction of sp³-hybridized carbons (Fsp3) is 0.280. The van der Waals surface area contributed by atoms with Crippen molar-refractivity contribution in [2.45, 2.75) is 19.8 Å². The van der Waals surface area contributed by atoms with Gasteiger partial charge in [-0.1, -0.05) is 25.1 Å². The fourth-order valence-electron chi connectivity index (χ4n) is 3.27. The van der Waals surface area contributed by atoms with E-state index in [1.54, 1.807) is 32.5 Å². The van der Waals surface area contributed by atoms with Crippen molar-refractivity contribution in [3.63, 3.8) is 0 Å². The van der Waals surface area contributed by atoms with Crippen LogP contribution in [0, 0.1) is 0 Å². The van der Waals surface area contributed by atoms with Crippen LogP contribution in [0.2, 0.25) is 0 Å². The average Bonchev–Trinajstić information content (AvgIpc) is 2.85. The lowest BCUT2D eigenvalue weighted by molar-refractivity contribution is 0.0962. The number of nitrogens with one attached hydrogen (secondary N) is 3. The number of methoxy groups -OCH3 is 1. The number of carbonyl (C=O) groups is 1. The zero-order valence-corrected chi connectivity index (χ0v) is 19.5. The number of amides is 1. The Kier molecular flexibility index (Phi) is 7.96. The van der Waals surface area contributed by atoms with E-state index in [2.05, 4.69) is 44.4 Å². The van der Waals surface area contributed by atoms with Crippen LogP contribution in [0.1, 0.15) is 35.7 Å². The normalized spacial score (nSPS) is 11.4. The smallest absolute Gasteiger partial charge is 0.251 e. The third kappa shape index (κ3) is 6.29. The van der Waals surface area contributed by atoms with E-state index in [0.29, 0.717) is 24.4 Å². The lowest BCUT2D eigenvalue weighted by atomic mass is 9.98. The molecule has 0 saturated carbocycles. The standard InChI is InChI=1S/C25H30N6O2/c1-16(2)12-27-23-9-7-19(14-29-23)21-11-24(31-15-30-21)28-13-17(3)20-8-6-18(25(32)26-4)10-22(20)33-5/h6-11,14-15,17H,1,12-13H2,2-5H3,(H,26,32)(H,27,29)(H,28,30,31)/t17-/m1/s1. The topological polar surface area (TPSA) is 101 Å². The van der Waals surface area contributed by atoms with Crippen LogP contribution in [0.4, 0.5) is 11.6 Å². The molecule has 1 aromatic carbocycles. The molecule has 172 valence electrons. The predicted octanol–water partition coefficient (Wildman–Crippen LogP) is 4.11. The van der Waals surface area contributed by atoms with Crippen molar-refractivity contribution >= 4 is 17.5 Å². The van der Waals surface area contributed by atoms with E-state index in [-0.39, 0.29) is 11.8 Å². The van der Waals surface area contributed by atoms with Crippen LogP contribution in [0.5, 0.6) is 5.75 Å². The van der Waals surface area contributed by atoms with E-state index in [0.717, 1.165) is 34.0 Å². The van der Waals surface area contributed by atoms with Crippen LogP contribution < -0.4 is 20.7 Å². The van der Waals surface area contributed by atoms with Gasteiger partial charge in [0.2, 0.25) is 0 Å². The summed E-state index contributed by atoms with van der Waals surface area (Å²) in [5, 5.41) is 9.21. The Morgan fingerprint density at radius 2 is 1.91 bits per heavy atom. The molecule has 3 rings (SSSR count). The SMILES string of the molecule is C=C(C)CNc1ccc(-c2cc(NC[C@@H](C)c3ccc(C(=O)NC)cc3OC)ncn2)cn1. The number of anilines is 2. The van der Waals surface area contributed by atoms with Crippen molar-refractivity contribution in [2.24, 2.45) is 0 Å². The molecule has 0 fully saturated rings. The summed E-state index contributed by atoms with van der Waals surface area (Å²) < 4.78 is 5.52. The van der Waals surface area contributed by atoms with Crippen LogP contribution in [0.3, 0.4) is 0 Å². The van der Waals surface area contributed by atoms with Gasteiger partial charge < -0.3 is 20.7 Å². The molecule has 8 nitrogen and oxygen atoms in total. The number of rotatable bonds is 10. The van der Waals surface area contributed by atoms with Gasteiger partial charge in [-0.25, -0.2) is 15.0 Å². The molecule has 3 N–H and O–H groups in total. The third-order valence-electron chi connectivity index (χ3n) is 5.14. The second-order valence-corrected chi connectivity index (χ2v) is 7.85. The van der Waals surface area contributed by atoms with Gasteiger partial charge in [0.25, 0.3) is 5.91 Å². The van der Waals surface area contributed by atoms with Crippen molar-refractivity contribution in [2.75, 3.05) is 37.9 Å². The van der Waals surface area contributed by atoms with E-state index in [1.807, 2.05) is 31.2 Å². The fourth-order valence-corrected chi connectivity index (χ4v) is 3.27. The van der Waals surface area contributed by atoms with Crippen LogP contribution in [0.15, 0.2) is 61.1 Å². The quantitative estimate of drug-likeness (QED) is 0.403. The summed E-state index contributed by atoms with van der Waals surface area (Å²) in [5.74, 6) is 2.17. The maximum absolute atomic E-state index is 11.9. The Morgan fingerprint density at radius 3 is 2.58 bits per heavy atom. The molecule has 2 aromatic heterocycles. The third-order valence-corrected chi connectivity index (χ3v) is 5.14.